The molecule has 0 saturated carbocycles. The molecule has 0 bridgehead atoms. The molecule has 1 aliphatic rings. The Morgan fingerprint density at radius 1 is 1.19 bits per heavy atom. The molecule has 5 nitrogen and oxygen atoms in total. The van der Waals surface area contributed by atoms with Crippen LogP contribution in [0.1, 0.15) is 5.69 Å². The summed E-state index contributed by atoms with van der Waals surface area (Å²) in [5, 5.41) is 3.54. The number of amides is 2. The van der Waals surface area contributed by atoms with Crippen LogP contribution >= 0.6 is 35.4 Å². The van der Waals surface area contributed by atoms with Crippen LogP contribution in [0.3, 0.4) is 0 Å². The van der Waals surface area contributed by atoms with Crippen molar-refractivity contribution in [2.24, 2.45) is 0 Å². The molecule has 0 unspecified atom stereocenters. The molecule has 0 aliphatic carbocycles. The van der Waals surface area contributed by atoms with Gasteiger partial charge in [0.1, 0.15) is 5.57 Å². The Balaban J connectivity index is 2.04. The zero-order valence-corrected chi connectivity index (χ0v) is 15.7. The summed E-state index contributed by atoms with van der Waals surface area (Å²) < 4.78 is 1.77. The molecule has 2 heterocycles. The largest absolute Gasteiger partial charge is 0.317 e. The van der Waals surface area contributed by atoms with Crippen molar-refractivity contribution in [1.82, 2.24) is 14.8 Å². The highest BCUT2D eigenvalue weighted by molar-refractivity contribution is 7.80. The molecule has 0 atom stereocenters. The van der Waals surface area contributed by atoms with Gasteiger partial charge in [0.15, 0.2) is 5.11 Å². The highest BCUT2D eigenvalue weighted by atomic mass is 35.5. The minimum atomic E-state index is -0.544. The molecule has 1 fully saturated rings. The second-order valence-electron chi connectivity index (χ2n) is 5.45. The van der Waals surface area contributed by atoms with Crippen molar-refractivity contribution < 1.29 is 9.59 Å². The number of halogens is 2. The Kier molecular flexibility index (Phi) is 5.27. The van der Waals surface area contributed by atoms with Crippen molar-refractivity contribution in [2.45, 2.75) is 0 Å². The van der Waals surface area contributed by atoms with Gasteiger partial charge in [-0.15, -0.1) is 6.58 Å². The molecule has 132 valence electrons. The van der Waals surface area contributed by atoms with Crippen LogP contribution < -0.4 is 5.32 Å². The van der Waals surface area contributed by atoms with Crippen molar-refractivity contribution >= 4 is 58.4 Å². The number of rotatable bonds is 4. The monoisotopic (exact) mass is 405 g/mol. The summed E-state index contributed by atoms with van der Waals surface area (Å²) in [6, 6.07) is 8.65. The van der Waals surface area contributed by atoms with Gasteiger partial charge < -0.3 is 4.57 Å². The van der Waals surface area contributed by atoms with Crippen molar-refractivity contribution in [3.05, 3.63) is 70.5 Å². The number of hydrogen-bond acceptors (Lipinski definition) is 3. The van der Waals surface area contributed by atoms with E-state index in [0.717, 1.165) is 0 Å². The zero-order valence-electron chi connectivity index (χ0n) is 13.4. The number of nitrogens with zero attached hydrogens (tertiary/aromatic N) is 2. The van der Waals surface area contributed by atoms with E-state index in [2.05, 4.69) is 11.9 Å². The van der Waals surface area contributed by atoms with E-state index in [1.54, 1.807) is 41.1 Å². The van der Waals surface area contributed by atoms with E-state index in [9.17, 15) is 9.59 Å². The molecule has 2 aromatic rings. The number of aromatic nitrogens is 1. The lowest BCUT2D eigenvalue weighted by Crippen LogP contribution is -2.53. The number of nitrogens with one attached hydrogen (secondary N) is 1. The van der Waals surface area contributed by atoms with Gasteiger partial charge in [0, 0.05) is 34.2 Å². The first-order valence-electron chi connectivity index (χ1n) is 7.54. The van der Waals surface area contributed by atoms with Gasteiger partial charge in [0.2, 0.25) is 0 Å². The standard InChI is InChI=1S/C18H13Cl2N3O2S/c1-2-5-23-17(25)15(16(24)21-18(23)26)10-13-4-3-6-22(13)14-8-11(19)7-12(20)9-14/h2-4,6-10H,1,5H2,(H,21,24,26)/b15-10+. The summed E-state index contributed by atoms with van der Waals surface area (Å²) in [4.78, 5) is 26.2. The number of thiocarbonyl (C=S) groups is 1. The van der Waals surface area contributed by atoms with Gasteiger partial charge >= 0.3 is 0 Å². The molecule has 0 radical (unpaired) electrons. The molecule has 8 heteroatoms. The highest BCUT2D eigenvalue weighted by Crippen LogP contribution is 2.24. The van der Waals surface area contributed by atoms with E-state index < -0.39 is 11.8 Å². The van der Waals surface area contributed by atoms with Crippen LogP contribution in [0.2, 0.25) is 10.0 Å². The smallest absolute Gasteiger partial charge is 0.266 e. The van der Waals surface area contributed by atoms with Crippen molar-refractivity contribution in [3.63, 3.8) is 0 Å². The van der Waals surface area contributed by atoms with E-state index in [1.807, 2.05) is 0 Å². The molecule has 3 rings (SSSR count). The first-order valence-corrected chi connectivity index (χ1v) is 8.70. The SMILES string of the molecule is C=CCN1C(=O)/C(=C/c2cccn2-c2cc(Cl)cc(Cl)c2)C(=O)NC1=S. The fourth-order valence-corrected chi connectivity index (χ4v) is 3.33. The van der Waals surface area contributed by atoms with Crippen LogP contribution in [0.25, 0.3) is 11.8 Å². The Labute approximate surface area is 165 Å². The van der Waals surface area contributed by atoms with Crippen LogP contribution in [0, 0.1) is 0 Å². The second kappa shape index (κ2) is 7.45. The number of carbonyl (C=O) groups is 2. The van der Waals surface area contributed by atoms with Crippen LogP contribution in [-0.2, 0) is 9.59 Å². The molecule has 26 heavy (non-hydrogen) atoms. The first-order chi connectivity index (χ1) is 12.4. The predicted molar refractivity (Wildman–Crippen MR) is 106 cm³/mol. The third-order valence-electron chi connectivity index (χ3n) is 3.70. The summed E-state index contributed by atoms with van der Waals surface area (Å²) in [7, 11) is 0. The lowest BCUT2D eigenvalue weighted by atomic mass is 10.1. The number of benzene rings is 1. The maximum Gasteiger partial charge on any atom is 0.266 e. The summed E-state index contributed by atoms with van der Waals surface area (Å²) in [6.45, 7) is 3.81. The maximum atomic E-state index is 12.6. The minimum absolute atomic E-state index is 0.0199. The molecule has 0 spiro atoms. The summed E-state index contributed by atoms with van der Waals surface area (Å²) in [5.41, 5.74) is 1.31. The topological polar surface area (TPSA) is 54.3 Å². The third kappa shape index (κ3) is 3.58. The first kappa shape index (κ1) is 18.4. The quantitative estimate of drug-likeness (QED) is 0.366. The van der Waals surface area contributed by atoms with Gasteiger partial charge in [-0.2, -0.15) is 0 Å². The maximum absolute atomic E-state index is 12.6. The highest BCUT2D eigenvalue weighted by Gasteiger charge is 2.32. The van der Waals surface area contributed by atoms with Crippen molar-refractivity contribution in [2.75, 3.05) is 6.54 Å². The van der Waals surface area contributed by atoms with E-state index in [0.29, 0.717) is 21.4 Å². The van der Waals surface area contributed by atoms with Crippen LogP contribution in [0.15, 0.2) is 54.8 Å². The Morgan fingerprint density at radius 3 is 2.54 bits per heavy atom. The Morgan fingerprint density at radius 2 is 1.88 bits per heavy atom. The fourth-order valence-electron chi connectivity index (χ4n) is 2.56. The summed E-state index contributed by atoms with van der Waals surface area (Å²) in [6.07, 6.45) is 4.83. The minimum Gasteiger partial charge on any atom is -0.317 e. The van der Waals surface area contributed by atoms with Crippen LogP contribution in [0.4, 0.5) is 0 Å². The van der Waals surface area contributed by atoms with Gasteiger partial charge in [-0.1, -0.05) is 29.3 Å². The average Bonchev–Trinajstić information content (AvgIpc) is 3.03. The Bertz CT molecular complexity index is 945. The van der Waals surface area contributed by atoms with Gasteiger partial charge in [-0.05, 0) is 48.6 Å². The van der Waals surface area contributed by atoms with Gasteiger partial charge in [0.25, 0.3) is 11.8 Å². The molecule has 1 aromatic carbocycles. The Hall–Kier alpha value is -2.41. The molecule has 1 aliphatic heterocycles. The molecule has 2 amide bonds. The van der Waals surface area contributed by atoms with Crippen LogP contribution in [0.5, 0.6) is 0 Å². The normalized spacial score (nSPS) is 16.2. The molecular weight excluding hydrogens is 393 g/mol. The molecule has 1 aromatic heterocycles. The van der Waals surface area contributed by atoms with E-state index >= 15 is 0 Å². The zero-order chi connectivity index (χ0) is 18.8. The van der Waals surface area contributed by atoms with Gasteiger partial charge in [-0.25, -0.2) is 0 Å². The fraction of sp³-hybridized carbons (Fsp3) is 0.0556. The lowest BCUT2D eigenvalue weighted by molar-refractivity contribution is -0.128. The van der Waals surface area contributed by atoms with E-state index in [-0.39, 0.29) is 17.2 Å². The van der Waals surface area contributed by atoms with Crippen LogP contribution in [-0.4, -0.2) is 32.9 Å². The van der Waals surface area contributed by atoms with Crippen molar-refractivity contribution in [1.29, 1.82) is 0 Å². The molecule has 1 N–H and O–H groups in total. The molecular formula is C18H13Cl2N3O2S. The lowest BCUT2D eigenvalue weighted by Gasteiger charge is -2.27. The van der Waals surface area contributed by atoms with E-state index in [4.69, 9.17) is 35.4 Å². The third-order valence-corrected chi connectivity index (χ3v) is 4.45. The predicted octanol–water partition coefficient (Wildman–Crippen LogP) is 3.60. The van der Waals surface area contributed by atoms with Gasteiger partial charge in [0.05, 0.1) is 0 Å². The number of hydrogen-bond donors (Lipinski definition) is 1. The van der Waals surface area contributed by atoms with Gasteiger partial charge in [-0.3, -0.25) is 19.8 Å². The summed E-state index contributed by atoms with van der Waals surface area (Å²) >= 11 is 17.2. The van der Waals surface area contributed by atoms with Crippen molar-refractivity contribution in [3.8, 4) is 5.69 Å². The number of carbonyl (C=O) groups excluding carboxylic acids is 2. The average molecular weight is 406 g/mol. The second-order valence-corrected chi connectivity index (χ2v) is 6.71. The van der Waals surface area contributed by atoms with E-state index in [1.165, 1.54) is 17.1 Å². The summed E-state index contributed by atoms with van der Waals surface area (Å²) in [5.74, 6) is -1.02. The molecule has 1 saturated heterocycles.